The third-order valence-corrected chi connectivity index (χ3v) is 4.94. The van der Waals surface area contributed by atoms with E-state index in [1.165, 1.54) is 0 Å². The van der Waals surface area contributed by atoms with Gasteiger partial charge in [-0.2, -0.15) is 0 Å². The molecule has 0 aliphatic heterocycles. The molecule has 0 aromatic heterocycles. The summed E-state index contributed by atoms with van der Waals surface area (Å²) in [4.78, 5) is 25.2. The Hall–Kier alpha value is -3.44. The van der Waals surface area contributed by atoms with Crippen LogP contribution in [0.25, 0.3) is 0 Å². The van der Waals surface area contributed by atoms with Crippen molar-refractivity contribution in [2.24, 2.45) is 0 Å². The molecule has 1 unspecified atom stereocenters. The maximum atomic E-state index is 12.8. The number of amides is 1. The van der Waals surface area contributed by atoms with Crippen LogP contribution in [0.5, 0.6) is 0 Å². The molecule has 1 atom stereocenters. The lowest BCUT2D eigenvalue weighted by molar-refractivity contribution is 0.0226. The molecule has 0 heterocycles. The summed E-state index contributed by atoms with van der Waals surface area (Å²) in [5.74, 6) is -0.824. The number of rotatable bonds is 9. The molecule has 2 N–H and O–H groups in total. The van der Waals surface area contributed by atoms with Crippen molar-refractivity contribution >= 4 is 11.9 Å². The van der Waals surface area contributed by atoms with E-state index < -0.39 is 11.5 Å². The number of nitrogens with one attached hydrogen (secondary N) is 1. The molecular weight excluding hydrogens is 378 g/mol. The highest BCUT2D eigenvalue weighted by Gasteiger charge is 2.33. The van der Waals surface area contributed by atoms with Crippen LogP contribution < -0.4 is 5.32 Å². The smallest absolute Gasteiger partial charge is 0.338 e. The van der Waals surface area contributed by atoms with Crippen molar-refractivity contribution in [3.63, 3.8) is 0 Å². The molecule has 0 spiro atoms. The van der Waals surface area contributed by atoms with Crippen LogP contribution in [-0.2, 0) is 11.2 Å². The highest BCUT2D eigenvalue weighted by atomic mass is 16.5. The molecule has 154 valence electrons. The van der Waals surface area contributed by atoms with E-state index in [-0.39, 0.29) is 19.1 Å². The summed E-state index contributed by atoms with van der Waals surface area (Å²) < 4.78 is 5.50. The molecule has 5 heteroatoms. The average Bonchev–Trinajstić information content (AvgIpc) is 2.82. The van der Waals surface area contributed by atoms with Gasteiger partial charge in [-0.25, -0.2) is 4.79 Å². The topological polar surface area (TPSA) is 75.6 Å². The van der Waals surface area contributed by atoms with Crippen molar-refractivity contribution < 1.29 is 19.4 Å². The van der Waals surface area contributed by atoms with Gasteiger partial charge in [-0.1, -0.05) is 66.7 Å². The maximum absolute atomic E-state index is 12.8. The molecule has 0 fully saturated rings. The largest absolute Gasteiger partial charge is 0.460 e. The number of aliphatic hydroxyl groups is 1. The van der Waals surface area contributed by atoms with Crippen molar-refractivity contribution in [3.05, 3.63) is 108 Å². The summed E-state index contributed by atoms with van der Waals surface area (Å²) in [6, 6.07) is 27.2. The van der Waals surface area contributed by atoms with Gasteiger partial charge in [0.2, 0.25) is 0 Å². The molecule has 3 aromatic carbocycles. The van der Waals surface area contributed by atoms with Gasteiger partial charge in [-0.15, -0.1) is 0 Å². The average molecular weight is 403 g/mol. The molecule has 0 aliphatic rings. The van der Waals surface area contributed by atoms with Crippen LogP contribution in [0.2, 0.25) is 0 Å². The second-order valence-corrected chi connectivity index (χ2v) is 7.19. The van der Waals surface area contributed by atoms with Crippen molar-refractivity contribution in [2.75, 3.05) is 13.2 Å². The fraction of sp³-hybridized carbons (Fsp3) is 0.200. The first-order valence-corrected chi connectivity index (χ1v) is 9.86. The highest BCUT2D eigenvalue weighted by molar-refractivity contribution is 5.94. The molecule has 5 nitrogen and oxygen atoms in total. The van der Waals surface area contributed by atoms with Gasteiger partial charge in [0.15, 0.2) is 0 Å². The monoisotopic (exact) mass is 403 g/mol. The fourth-order valence-corrected chi connectivity index (χ4v) is 3.13. The molecule has 0 radical (unpaired) electrons. The lowest BCUT2D eigenvalue weighted by Gasteiger charge is -2.32. The Morgan fingerprint density at radius 1 is 0.800 bits per heavy atom. The van der Waals surface area contributed by atoms with Crippen LogP contribution in [0, 0.1) is 0 Å². The molecule has 3 aromatic rings. The molecule has 0 aliphatic carbocycles. The van der Waals surface area contributed by atoms with E-state index in [1.54, 1.807) is 48.5 Å². The fourth-order valence-electron chi connectivity index (χ4n) is 3.13. The molecular formula is C25H25NO4. The van der Waals surface area contributed by atoms with Gasteiger partial charge in [-0.3, -0.25) is 4.79 Å². The number of carbonyl (C=O) groups is 2. The Balaban J connectivity index is 1.76. The zero-order valence-electron chi connectivity index (χ0n) is 16.7. The third kappa shape index (κ3) is 5.78. The van der Waals surface area contributed by atoms with Crippen LogP contribution in [0.15, 0.2) is 91.0 Å². The minimum Gasteiger partial charge on any atom is -0.460 e. The van der Waals surface area contributed by atoms with Crippen molar-refractivity contribution in [1.29, 1.82) is 0 Å². The van der Waals surface area contributed by atoms with E-state index in [1.807, 2.05) is 42.5 Å². The summed E-state index contributed by atoms with van der Waals surface area (Å²) in [6.07, 6.45) is 1.02. The number of hydrogen-bond acceptors (Lipinski definition) is 4. The van der Waals surface area contributed by atoms with Crippen LogP contribution in [0.4, 0.5) is 0 Å². The molecule has 1 amide bonds. The Kier molecular flexibility index (Phi) is 7.35. The highest BCUT2D eigenvalue weighted by Crippen LogP contribution is 2.18. The zero-order chi connectivity index (χ0) is 21.2. The number of ether oxygens (including phenoxy) is 1. The summed E-state index contributed by atoms with van der Waals surface area (Å²) in [6.45, 7) is -0.497. The van der Waals surface area contributed by atoms with E-state index in [9.17, 15) is 14.7 Å². The van der Waals surface area contributed by atoms with E-state index >= 15 is 0 Å². The first-order valence-electron chi connectivity index (χ1n) is 9.86. The van der Waals surface area contributed by atoms with E-state index in [2.05, 4.69) is 5.32 Å². The standard InChI is InChI=1S/C25H25NO4/c27-18-25(17-16-20-10-4-1-5-11-20,26-23(28)21-12-6-2-7-13-21)19-30-24(29)22-14-8-3-9-15-22/h1-15,27H,16-19H2,(H,26,28). The minimum atomic E-state index is -1.10. The lowest BCUT2D eigenvalue weighted by atomic mass is 9.92. The van der Waals surface area contributed by atoms with E-state index in [0.29, 0.717) is 24.0 Å². The van der Waals surface area contributed by atoms with Crippen LogP contribution in [0.1, 0.15) is 32.7 Å². The van der Waals surface area contributed by atoms with Gasteiger partial charge in [0, 0.05) is 5.56 Å². The molecule has 0 bridgehead atoms. The number of aliphatic hydroxyl groups excluding tert-OH is 1. The first kappa shape index (κ1) is 21.3. The lowest BCUT2D eigenvalue weighted by Crippen LogP contribution is -2.55. The van der Waals surface area contributed by atoms with Crippen molar-refractivity contribution in [2.45, 2.75) is 18.4 Å². The van der Waals surface area contributed by atoms with Crippen LogP contribution >= 0.6 is 0 Å². The second-order valence-electron chi connectivity index (χ2n) is 7.19. The van der Waals surface area contributed by atoms with Crippen molar-refractivity contribution in [1.82, 2.24) is 5.32 Å². The number of aryl methyl sites for hydroxylation is 1. The van der Waals surface area contributed by atoms with Gasteiger partial charge < -0.3 is 15.2 Å². The quantitative estimate of drug-likeness (QED) is 0.535. The van der Waals surface area contributed by atoms with E-state index in [4.69, 9.17) is 4.74 Å². The van der Waals surface area contributed by atoms with Crippen molar-refractivity contribution in [3.8, 4) is 0 Å². The third-order valence-electron chi connectivity index (χ3n) is 4.94. The predicted octanol–water partition coefficient (Wildman–Crippen LogP) is 3.64. The summed E-state index contributed by atoms with van der Waals surface area (Å²) in [7, 11) is 0. The normalized spacial score (nSPS) is 12.6. The number of benzene rings is 3. The first-order chi connectivity index (χ1) is 14.6. The minimum absolute atomic E-state index is 0.136. The molecule has 0 saturated heterocycles. The summed E-state index contributed by atoms with van der Waals surface area (Å²) in [5.41, 5.74) is 0.859. The zero-order valence-corrected chi connectivity index (χ0v) is 16.7. The molecule has 0 saturated carbocycles. The SMILES string of the molecule is O=C(NC(CO)(CCc1ccccc1)COC(=O)c1ccccc1)c1ccccc1. The van der Waals surface area contributed by atoms with Gasteiger partial charge in [-0.05, 0) is 42.7 Å². The second kappa shape index (κ2) is 10.4. The van der Waals surface area contributed by atoms with Crippen LogP contribution in [0.3, 0.4) is 0 Å². The molecule has 3 rings (SSSR count). The van der Waals surface area contributed by atoms with E-state index in [0.717, 1.165) is 5.56 Å². The van der Waals surface area contributed by atoms with Crippen LogP contribution in [-0.4, -0.2) is 35.7 Å². The summed E-state index contributed by atoms with van der Waals surface area (Å²) in [5, 5.41) is 13.1. The van der Waals surface area contributed by atoms with Gasteiger partial charge >= 0.3 is 5.97 Å². The predicted molar refractivity (Wildman–Crippen MR) is 115 cm³/mol. The Bertz CT molecular complexity index is 945. The van der Waals surface area contributed by atoms with Gasteiger partial charge in [0.05, 0.1) is 17.7 Å². The summed E-state index contributed by atoms with van der Waals surface area (Å²) >= 11 is 0. The molecule has 30 heavy (non-hydrogen) atoms. The number of hydrogen-bond donors (Lipinski definition) is 2. The van der Waals surface area contributed by atoms with Gasteiger partial charge in [0.1, 0.15) is 6.61 Å². The Morgan fingerprint density at radius 3 is 1.90 bits per heavy atom. The number of esters is 1. The number of carbonyl (C=O) groups excluding carboxylic acids is 2. The maximum Gasteiger partial charge on any atom is 0.338 e. The van der Waals surface area contributed by atoms with Gasteiger partial charge in [0.25, 0.3) is 5.91 Å². The Morgan fingerprint density at radius 2 is 1.33 bits per heavy atom. The Labute approximate surface area is 176 Å².